The Labute approximate surface area is 133 Å². The molecule has 1 saturated carbocycles. The second-order valence-corrected chi connectivity index (χ2v) is 9.40. The van der Waals surface area contributed by atoms with Gasteiger partial charge in [0.1, 0.15) is 5.60 Å². The maximum atomic E-state index is 11.6. The van der Waals surface area contributed by atoms with Gasteiger partial charge in [-0.15, -0.1) is 0 Å². The lowest BCUT2D eigenvalue weighted by Crippen LogP contribution is -2.57. The molecule has 0 bridgehead atoms. The summed E-state index contributed by atoms with van der Waals surface area (Å²) in [6, 6.07) is 0.388. The minimum absolute atomic E-state index is 0.110. The van der Waals surface area contributed by atoms with Crippen LogP contribution in [-0.4, -0.2) is 50.5 Å². The summed E-state index contributed by atoms with van der Waals surface area (Å²) in [6.07, 6.45) is 2.39. The van der Waals surface area contributed by atoms with E-state index in [0.29, 0.717) is 6.54 Å². The van der Waals surface area contributed by atoms with Crippen molar-refractivity contribution < 1.29 is 17.9 Å². The van der Waals surface area contributed by atoms with Crippen molar-refractivity contribution in [1.82, 2.24) is 15.4 Å². The number of hydrogen-bond acceptors (Lipinski definition) is 5. The van der Waals surface area contributed by atoms with Crippen LogP contribution in [0.1, 0.15) is 47.5 Å². The van der Waals surface area contributed by atoms with Crippen LogP contribution in [0.2, 0.25) is 0 Å². The Bertz CT molecular complexity index is 491. The van der Waals surface area contributed by atoms with Gasteiger partial charge < -0.3 is 15.4 Å². The molecule has 0 aromatic heterocycles. The van der Waals surface area contributed by atoms with Gasteiger partial charge in [0.2, 0.25) is 10.0 Å². The van der Waals surface area contributed by atoms with Gasteiger partial charge >= 0.3 is 6.09 Å². The number of sulfonamides is 1. The Hall–Kier alpha value is -0.860. The SMILES string of the molecule is CC(C)(CNC1CC(NC(=O)OC(C)(C)C)C1)NS(C)(=O)=O. The predicted molar refractivity (Wildman–Crippen MR) is 86.2 cm³/mol. The lowest BCUT2D eigenvalue weighted by atomic mass is 9.86. The Morgan fingerprint density at radius 3 is 2.14 bits per heavy atom. The largest absolute Gasteiger partial charge is 0.444 e. The topological polar surface area (TPSA) is 96.5 Å². The van der Waals surface area contributed by atoms with Crippen molar-refractivity contribution >= 4 is 16.1 Å². The highest BCUT2D eigenvalue weighted by Gasteiger charge is 2.33. The smallest absolute Gasteiger partial charge is 0.407 e. The molecule has 0 spiro atoms. The summed E-state index contributed by atoms with van der Waals surface area (Å²) in [5.41, 5.74) is -1.04. The first kappa shape index (κ1) is 19.2. The maximum Gasteiger partial charge on any atom is 0.407 e. The van der Waals surface area contributed by atoms with E-state index in [-0.39, 0.29) is 12.1 Å². The average Bonchev–Trinajstić information content (AvgIpc) is 2.14. The summed E-state index contributed by atoms with van der Waals surface area (Å²) in [5.74, 6) is 0. The fourth-order valence-electron chi connectivity index (χ4n) is 2.31. The molecule has 1 aliphatic carbocycles. The number of ether oxygens (including phenoxy) is 1. The van der Waals surface area contributed by atoms with Crippen LogP contribution in [0, 0.1) is 0 Å². The molecule has 1 aliphatic rings. The van der Waals surface area contributed by atoms with Gasteiger partial charge in [0.15, 0.2) is 0 Å². The van der Waals surface area contributed by atoms with Crippen molar-refractivity contribution in [3.63, 3.8) is 0 Å². The molecule has 130 valence electrons. The van der Waals surface area contributed by atoms with Gasteiger partial charge in [-0.2, -0.15) is 0 Å². The third-order valence-electron chi connectivity index (χ3n) is 3.15. The van der Waals surface area contributed by atoms with E-state index in [2.05, 4.69) is 15.4 Å². The molecule has 0 aliphatic heterocycles. The van der Waals surface area contributed by atoms with Crippen LogP contribution in [0.4, 0.5) is 4.79 Å². The fourth-order valence-corrected chi connectivity index (χ4v) is 3.39. The third-order valence-corrected chi connectivity index (χ3v) is 4.08. The van der Waals surface area contributed by atoms with Crippen LogP contribution >= 0.6 is 0 Å². The molecule has 1 rings (SSSR count). The van der Waals surface area contributed by atoms with Gasteiger partial charge in [0.05, 0.1) is 6.26 Å². The first-order valence-corrected chi connectivity index (χ1v) is 9.37. The first-order chi connectivity index (χ1) is 9.76. The Balaban J connectivity index is 2.25. The standard InChI is InChI=1S/C14H29N3O4S/c1-13(2,3)21-12(18)16-11-7-10(8-11)15-9-14(4,5)17-22(6,19)20/h10-11,15,17H,7-9H2,1-6H3,(H,16,18). The molecule has 7 nitrogen and oxygen atoms in total. The molecular weight excluding hydrogens is 306 g/mol. The highest BCUT2D eigenvalue weighted by Crippen LogP contribution is 2.21. The van der Waals surface area contributed by atoms with Crippen LogP contribution in [0.3, 0.4) is 0 Å². The van der Waals surface area contributed by atoms with Gasteiger partial charge in [-0.1, -0.05) is 0 Å². The lowest BCUT2D eigenvalue weighted by molar-refractivity contribution is 0.0464. The third kappa shape index (κ3) is 7.95. The average molecular weight is 335 g/mol. The van der Waals surface area contributed by atoms with Gasteiger partial charge in [-0.05, 0) is 47.5 Å². The Morgan fingerprint density at radius 1 is 1.14 bits per heavy atom. The minimum Gasteiger partial charge on any atom is -0.444 e. The van der Waals surface area contributed by atoms with E-state index >= 15 is 0 Å². The molecule has 3 N–H and O–H groups in total. The molecule has 1 fully saturated rings. The molecular formula is C14H29N3O4S. The highest BCUT2D eigenvalue weighted by atomic mass is 32.2. The Kier molecular flexibility index (Phi) is 5.86. The number of carbonyl (C=O) groups is 1. The van der Waals surface area contributed by atoms with Gasteiger partial charge in [-0.3, -0.25) is 0 Å². The summed E-state index contributed by atoms with van der Waals surface area (Å²) < 4.78 is 30.3. The molecule has 1 amide bonds. The number of hydrogen-bond donors (Lipinski definition) is 3. The number of alkyl carbamates (subject to hydrolysis) is 1. The van der Waals surface area contributed by atoms with E-state index < -0.39 is 27.3 Å². The molecule has 22 heavy (non-hydrogen) atoms. The number of amides is 1. The lowest BCUT2D eigenvalue weighted by Gasteiger charge is -2.38. The molecule has 0 atom stereocenters. The molecule has 0 radical (unpaired) electrons. The second kappa shape index (κ2) is 6.72. The van der Waals surface area contributed by atoms with Crippen LogP contribution in [-0.2, 0) is 14.8 Å². The van der Waals surface area contributed by atoms with Crippen molar-refractivity contribution in [1.29, 1.82) is 0 Å². The van der Waals surface area contributed by atoms with Crippen molar-refractivity contribution in [3.8, 4) is 0 Å². The summed E-state index contributed by atoms with van der Waals surface area (Å²) in [7, 11) is -3.23. The zero-order valence-electron chi connectivity index (χ0n) is 14.3. The summed E-state index contributed by atoms with van der Waals surface area (Å²) in [6.45, 7) is 9.67. The van der Waals surface area contributed by atoms with Gasteiger partial charge in [0.25, 0.3) is 0 Å². The summed E-state index contributed by atoms with van der Waals surface area (Å²) in [4.78, 5) is 11.6. The quantitative estimate of drug-likeness (QED) is 0.672. The van der Waals surface area contributed by atoms with Gasteiger partial charge in [-0.25, -0.2) is 17.9 Å². The molecule has 0 aromatic rings. The van der Waals surface area contributed by atoms with Crippen LogP contribution in [0.15, 0.2) is 0 Å². The van der Waals surface area contributed by atoms with E-state index in [9.17, 15) is 13.2 Å². The molecule has 0 saturated heterocycles. The van der Waals surface area contributed by atoms with E-state index in [4.69, 9.17) is 4.74 Å². The van der Waals surface area contributed by atoms with Crippen molar-refractivity contribution in [3.05, 3.63) is 0 Å². The number of rotatable bonds is 6. The van der Waals surface area contributed by atoms with Crippen LogP contribution in [0.25, 0.3) is 0 Å². The predicted octanol–water partition coefficient (Wildman–Crippen LogP) is 0.960. The van der Waals surface area contributed by atoms with Crippen molar-refractivity contribution in [2.45, 2.75) is 70.7 Å². The molecule has 0 unspecified atom stereocenters. The van der Waals surface area contributed by atoms with Crippen LogP contribution < -0.4 is 15.4 Å². The zero-order valence-corrected chi connectivity index (χ0v) is 15.1. The van der Waals surface area contributed by atoms with Crippen molar-refractivity contribution in [2.24, 2.45) is 0 Å². The van der Waals surface area contributed by atoms with Crippen LogP contribution in [0.5, 0.6) is 0 Å². The van der Waals surface area contributed by atoms with Gasteiger partial charge in [0, 0.05) is 24.2 Å². The number of carbonyl (C=O) groups excluding carboxylic acids is 1. The van der Waals surface area contributed by atoms with E-state index in [1.807, 2.05) is 34.6 Å². The number of nitrogens with one attached hydrogen (secondary N) is 3. The molecule has 0 aromatic carbocycles. The maximum absolute atomic E-state index is 11.6. The molecule has 8 heteroatoms. The molecule has 0 heterocycles. The minimum atomic E-state index is -3.23. The van der Waals surface area contributed by atoms with E-state index in [1.165, 1.54) is 0 Å². The second-order valence-electron chi connectivity index (χ2n) is 7.65. The highest BCUT2D eigenvalue weighted by molar-refractivity contribution is 7.88. The monoisotopic (exact) mass is 335 g/mol. The summed E-state index contributed by atoms with van der Waals surface area (Å²) >= 11 is 0. The normalized spacial score (nSPS) is 22.8. The fraction of sp³-hybridized carbons (Fsp3) is 0.929. The first-order valence-electron chi connectivity index (χ1n) is 7.48. The van der Waals surface area contributed by atoms with Crippen molar-refractivity contribution in [2.75, 3.05) is 12.8 Å². The summed E-state index contributed by atoms with van der Waals surface area (Å²) in [5, 5.41) is 6.14. The van der Waals surface area contributed by atoms with E-state index in [1.54, 1.807) is 0 Å². The van der Waals surface area contributed by atoms with E-state index in [0.717, 1.165) is 19.1 Å². The Morgan fingerprint density at radius 2 is 1.68 bits per heavy atom. The zero-order chi connectivity index (χ0) is 17.2.